The summed E-state index contributed by atoms with van der Waals surface area (Å²) in [6, 6.07) is 19.5. The Morgan fingerprint density at radius 3 is 2.39 bits per heavy atom. The Morgan fingerprint density at radius 1 is 0.913 bits per heavy atom. The zero-order valence-electron chi connectivity index (χ0n) is 12.5. The molecule has 3 heteroatoms. The third kappa shape index (κ3) is 2.30. The highest BCUT2D eigenvalue weighted by atomic mass is 16.2. The lowest BCUT2D eigenvalue weighted by Crippen LogP contribution is -2.33. The van der Waals surface area contributed by atoms with Crippen molar-refractivity contribution in [3.63, 3.8) is 0 Å². The Morgan fingerprint density at radius 2 is 1.65 bits per heavy atom. The molecule has 3 aromatic carbocycles. The van der Waals surface area contributed by atoms with Gasteiger partial charge in [0.05, 0.1) is 5.56 Å². The molecule has 23 heavy (non-hydrogen) atoms. The fourth-order valence-corrected chi connectivity index (χ4v) is 3.25. The molecule has 0 fully saturated rings. The second-order valence-corrected chi connectivity index (χ2v) is 5.85. The molecule has 3 nitrogen and oxygen atoms in total. The van der Waals surface area contributed by atoms with Crippen LogP contribution >= 0.6 is 0 Å². The normalized spacial score (nSPS) is 13.1. The molecule has 0 radical (unpaired) electrons. The van der Waals surface area contributed by atoms with Crippen LogP contribution in [-0.4, -0.2) is 17.1 Å². The van der Waals surface area contributed by atoms with Crippen LogP contribution in [0.15, 0.2) is 60.7 Å². The fourth-order valence-electron chi connectivity index (χ4n) is 3.25. The molecule has 0 spiro atoms. The number of amides is 1. The number of fused-ring (bicyclic) bond motifs is 3. The van der Waals surface area contributed by atoms with Gasteiger partial charge in [-0.15, -0.1) is 0 Å². The quantitative estimate of drug-likeness (QED) is 0.675. The van der Waals surface area contributed by atoms with Crippen LogP contribution < -0.4 is 0 Å². The minimum atomic E-state index is -0.0929. The van der Waals surface area contributed by atoms with Crippen molar-refractivity contribution in [1.29, 1.82) is 0 Å². The van der Waals surface area contributed by atoms with Gasteiger partial charge < -0.3 is 4.90 Å². The minimum Gasteiger partial charge on any atom is -0.330 e. The zero-order valence-corrected chi connectivity index (χ0v) is 12.5. The summed E-state index contributed by atoms with van der Waals surface area (Å²) in [4.78, 5) is 26.4. The van der Waals surface area contributed by atoms with Gasteiger partial charge in [0.1, 0.15) is 0 Å². The Kier molecular flexibility index (Phi) is 3.19. The molecule has 1 amide bonds. The van der Waals surface area contributed by atoms with Gasteiger partial charge in [-0.25, -0.2) is 0 Å². The second kappa shape index (κ2) is 5.36. The van der Waals surface area contributed by atoms with E-state index in [9.17, 15) is 9.59 Å². The summed E-state index contributed by atoms with van der Waals surface area (Å²) in [5, 5.41) is 1.79. The van der Waals surface area contributed by atoms with Crippen LogP contribution in [-0.2, 0) is 13.1 Å². The summed E-state index contributed by atoms with van der Waals surface area (Å²) in [7, 11) is 0. The summed E-state index contributed by atoms with van der Waals surface area (Å²) in [5.74, 6) is -0.0929. The van der Waals surface area contributed by atoms with Crippen LogP contribution in [0.2, 0.25) is 0 Å². The van der Waals surface area contributed by atoms with Gasteiger partial charge in [-0.3, -0.25) is 9.59 Å². The second-order valence-electron chi connectivity index (χ2n) is 5.85. The van der Waals surface area contributed by atoms with Gasteiger partial charge >= 0.3 is 0 Å². The van der Waals surface area contributed by atoms with Crippen molar-refractivity contribution in [1.82, 2.24) is 4.90 Å². The molecule has 4 rings (SSSR count). The molecule has 0 aliphatic carbocycles. The molecule has 0 unspecified atom stereocenters. The van der Waals surface area contributed by atoms with E-state index in [1.165, 1.54) is 0 Å². The van der Waals surface area contributed by atoms with Gasteiger partial charge in [-0.05, 0) is 28.0 Å². The summed E-state index contributed by atoms with van der Waals surface area (Å²) >= 11 is 0. The number of aldehydes is 1. The van der Waals surface area contributed by atoms with Crippen LogP contribution in [0.1, 0.15) is 31.8 Å². The van der Waals surface area contributed by atoms with Crippen LogP contribution in [0.3, 0.4) is 0 Å². The maximum atomic E-state index is 12.9. The molecule has 0 aromatic heterocycles. The Bertz CT molecular complexity index is 909. The molecule has 1 aliphatic rings. The number of rotatable bonds is 2. The van der Waals surface area contributed by atoms with E-state index in [1.807, 2.05) is 48.5 Å². The van der Waals surface area contributed by atoms with Crippen LogP contribution in [0, 0.1) is 0 Å². The average Bonchev–Trinajstić information content (AvgIpc) is 2.59. The number of benzene rings is 3. The molecular formula is C20H15NO2. The van der Waals surface area contributed by atoms with Crippen LogP contribution in [0.4, 0.5) is 0 Å². The molecule has 0 N–H and O–H groups in total. The van der Waals surface area contributed by atoms with Crippen molar-refractivity contribution >= 4 is 23.0 Å². The molecular weight excluding hydrogens is 286 g/mol. The number of hydrogen-bond donors (Lipinski definition) is 0. The van der Waals surface area contributed by atoms with Crippen LogP contribution in [0.25, 0.3) is 10.8 Å². The van der Waals surface area contributed by atoms with Gasteiger partial charge in [0.2, 0.25) is 0 Å². The van der Waals surface area contributed by atoms with Crippen molar-refractivity contribution in [3.8, 4) is 0 Å². The summed E-state index contributed by atoms with van der Waals surface area (Å²) in [6.07, 6.45) is 0.790. The lowest BCUT2D eigenvalue weighted by Gasteiger charge is -2.28. The van der Waals surface area contributed by atoms with E-state index in [0.717, 1.165) is 28.2 Å². The first-order chi connectivity index (χ1) is 11.3. The van der Waals surface area contributed by atoms with E-state index in [-0.39, 0.29) is 5.91 Å². The van der Waals surface area contributed by atoms with E-state index >= 15 is 0 Å². The maximum Gasteiger partial charge on any atom is 0.255 e. The van der Waals surface area contributed by atoms with Crippen molar-refractivity contribution in [2.45, 2.75) is 13.1 Å². The van der Waals surface area contributed by atoms with Gasteiger partial charge in [-0.2, -0.15) is 0 Å². The number of nitrogens with zero attached hydrogens (tertiary/aromatic N) is 1. The minimum absolute atomic E-state index is 0.0929. The first-order valence-electron chi connectivity index (χ1n) is 7.60. The van der Waals surface area contributed by atoms with Crippen molar-refractivity contribution in [2.24, 2.45) is 0 Å². The van der Waals surface area contributed by atoms with Crippen molar-refractivity contribution in [2.75, 3.05) is 0 Å². The fraction of sp³-hybridized carbons (Fsp3) is 0.100. The molecule has 0 saturated heterocycles. The number of carbonyl (C=O) groups is 2. The van der Waals surface area contributed by atoms with Crippen LogP contribution in [0.5, 0.6) is 0 Å². The molecule has 3 aromatic rings. The predicted molar refractivity (Wildman–Crippen MR) is 89.4 cm³/mol. The predicted octanol–water partition coefficient (Wildman–Crippen LogP) is 3.81. The summed E-state index contributed by atoms with van der Waals surface area (Å²) in [6.45, 7) is 1.16. The van der Waals surface area contributed by atoms with Gasteiger partial charge in [0.25, 0.3) is 5.91 Å². The molecule has 1 heterocycles. The van der Waals surface area contributed by atoms with Gasteiger partial charge in [0, 0.05) is 18.7 Å². The van der Waals surface area contributed by atoms with Gasteiger partial charge in [0.15, 0.2) is 6.29 Å². The van der Waals surface area contributed by atoms with E-state index in [4.69, 9.17) is 0 Å². The number of carbonyl (C=O) groups excluding carboxylic acids is 2. The summed E-state index contributed by atoms with van der Waals surface area (Å²) < 4.78 is 0. The lowest BCUT2D eigenvalue weighted by atomic mass is 9.97. The Balaban J connectivity index is 1.77. The highest BCUT2D eigenvalue weighted by Crippen LogP contribution is 2.25. The van der Waals surface area contributed by atoms with E-state index in [2.05, 4.69) is 6.07 Å². The SMILES string of the molecule is O=Cc1c(C(=O)N2Cc3cccc(c3)C2)ccc2ccccc12. The van der Waals surface area contributed by atoms with E-state index in [0.29, 0.717) is 24.2 Å². The van der Waals surface area contributed by atoms with Crippen molar-refractivity contribution < 1.29 is 9.59 Å². The Labute approximate surface area is 134 Å². The first kappa shape index (κ1) is 13.7. The molecule has 0 saturated carbocycles. The lowest BCUT2D eigenvalue weighted by molar-refractivity contribution is 0.0721. The van der Waals surface area contributed by atoms with E-state index in [1.54, 1.807) is 11.0 Å². The third-order valence-electron chi connectivity index (χ3n) is 4.34. The monoisotopic (exact) mass is 301 g/mol. The zero-order chi connectivity index (χ0) is 15.8. The molecule has 112 valence electrons. The van der Waals surface area contributed by atoms with Crippen molar-refractivity contribution in [3.05, 3.63) is 82.9 Å². The maximum absolute atomic E-state index is 12.9. The standard InChI is InChI=1S/C20H15NO2/c22-13-19-17-7-2-1-6-16(17)8-9-18(19)20(23)21-11-14-4-3-5-15(10-14)12-21/h1-10,13H,11-12H2. The molecule has 0 atom stereocenters. The summed E-state index contributed by atoms with van der Waals surface area (Å²) in [5.41, 5.74) is 3.19. The largest absolute Gasteiger partial charge is 0.330 e. The van der Waals surface area contributed by atoms with Gasteiger partial charge in [-0.1, -0.05) is 54.6 Å². The smallest absolute Gasteiger partial charge is 0.255 e. The Hall–Kier alpha value is -2.94. The highest BCUT2D eigenvalue weighted by Gasteiger charge is 2.23. The third-order valence-corrected chi connectivity index (χ3v) is 4.34. The topological polar surface area (TPSA) is 37.4 Å². The molecule has 2 bridgehead atoms. The average molecular weight is 301 g/mol. The van der Waals surface area contributed by atoms with E-state index < -0.39 is 0 Å². The number of hydrogen-bond acceptors (Lipinski definition) is 2. The first-order valence-corrected chi connectivity index (χ1v) is 7.60. The highest BCUT2D eigenvalue weighted by molar-refractivity contribution is 6.09. The molecule has 1 aliphatic heterocycles.